The molecule has 5 heteroatoms. The number of carboxylic acid groups (broad SMARTS) is 1. The van der Waals surface area contributed by atoms with Crippen LogP contribution in [-0.4, -0.2) is 36.1 Å². The number of nitrogens with zero attached hydrogens (tertiary/aromatic N) is 1. The molecule has 0 atom stereocenters. The molecule has 5 nitrogen and oxygen atoms in total. The van der Waals surface area contributed by atoms with Gasteiger partial charge in [0.05, 0.1) is 13.0 Å². The summed E-state index contributed by atoms with van der Waals surface area (Å²) < 4.78 is 0. The van der Waals surface area contributed by atoms with Crippen LogP contribution in [0.25, 0.3) is 0 Å². The van der Waals surface area contributed by atoms with E-state index in [1.165, 1.54) is 4.90 Å². The molecule has 0 heterocycles. The van der Waals surface area contributed by atoms with Gasteiger partial charge in [-0.3, -0.25) is 9.59 Å². The van der Waals surface area contributed by atoms with Crippen LogP contribution in [0.4, 0.5) is 5.69 Å². The number of hydrogen-bond acceptors (Lipinski definition) is 3. The Labute approximate surface area is 112 Å². The molecule has 102 valence electrons. The van der Waals surface area contributed by atoms with E-state index in [0.29, 0.717) is 6.04 Å². The minimum absolute atomic E-state index is 0.0515. The predicted molar refractivity (Wildman–Crippen MR) is 72.1 cm³/mol. The van der Waals surface area contributed by atoms with Crippen molar-refractivity contribution in [2.24, 2.45) is 0 Å². The van der Waals surface area contributed by atoms with Crippen molar-refractivity contribution in [2.45, 2.75) is 25.3 Å². The van der Waals surface area contributed by atoms with E-state index >= 15 is 0 Å². The zero-order valence-corrected chi connectivity index (χ0v) is 10.7. The first-order valence-electron chi connectivity index (χ1n) is 6.47. The number of carboxylic acids is 1. The average Bonchev–Trinajstić information content (AvgIpc) is 3.21. The van der Waals surface area contributed by atoms with Crippen LogP contribution in [0.3, 0.4) is 0 Å². The molecule has 1 amide bonds. The Morgan fingerprint density at radius 2 is 1.95 bits per heavy atom. The SMILES string of the molecule is O=C(O)CCN(C(=O)CNC1CC1)c1ccccc1. The highest BCUT2D eigenvalue weighted by atomic mass is 16.4. The smallest absolute Gasteiger partial charge is 0.305 e. The molecule has 1 aliphatic rings. The lowest BCUT2D eigenvalue weighted by Crippen LogP contribution is -2.40. The number of carbonyl (C=O) groups excluding carboxylic acids is 1. The molecular formula is C14H18N2O3. The van der Waals surface area contributed by atoms with Crippen LogP contribution < -0.4 is 10.2 Å². The van der Waals surface area contributed by atoms with Crippen molar-refractivity contribution >= 4 is 17.6 Å². The standard InChI is InChI=1S/C14H18N2O3/c17-13(10-15-11-6-7-11)16(9-8-14(18)19)12-4-2-1-3-5-12/h1-5,11,15H,6-10H2,(H,18,19). The second-order valence-electron chi connectivity index (χ2n) is 4.68. The number of nitrogens with one attached hydrogen (secondary N) is 1. The summed E-state index contributed by atoms with van der Waals surface area (Å²) in [6.07, 6.45) is 2.19. The molecule has 1 aromatic rings. The molecule has 2 rings (SSSR count). The summed E-state index contributed by atoms with van der Waals surface area (Å²) in [5, 5.41) is 11.9. The first-order valence-corrected chi connectivity index (χ1v) is 6.47. The molecule has 0 aliphatic heterocycles. The number of hydrogen-bond donors (Lipinski definition) is 2. The summed E-state index contributed by atoms with van der Waals surface area (Å²) >= 11 is 0. The Morgan fingerprint density at radius 1 is 1.26 bits per heavy atom. The van der Waals surface area contributed by atoms with Crippen molar-refractivity contribution in [2.75, 3.05) is 18.0 Å². The van der Waals surface area contributed by atoms with E-state index in [2.05, 4.69) is 5.32 Å². The minimum atomic E-state index is -0.899. The van der Waals surface area contributed by atoms with Crippen LogP contribution in [0.2, 0.25) is 0 Å². The van der Waals surface area contributed by atoms with Gasteiger partial charge in [-0.05, 0) is 25.0 Å². The summed E-state index contributed by atoms with van der Waals surface area (Å²) in [6.45, 7) is 0.462. The predicted octanol–water partition coefficient (Wildman–Crippen LogP) is 1.25. The third-order valence-electron chi connectivity index (χ3n) is 3.04. The summed E-state index contributed by atoms with van der Waals surface area (Å²) in [4.78, 5) is 24.4. The number of para-hydroxylation sites is 1. The summed E-state index contributed by atoms with van der Waals surface area (Å²) in [7, 11) is 0. The van der Waals surface area contributed by atoms with Gasteiger partial charge in [-0.15, -0.1) is 0 Å². The molecule has 2 N–H and O–H groups in total. The van der Waals surface area contributed by atoms with Gasteiger partial charge < -0.3 is 15.3 Å². The third-order valence-corrected chi connectivity index (χ3v) is 3.04. The van der Waals surface area contributed by atoms with Crippen molar-refractivity contribution in [3.05, 3.63) is 30.3 Å². The van der Waals surface area contributed by atoms with Gasteiger partial charge in [0.15, 0.2) is 0 Å². The molecule has 0 aromatic heterocycles. The number of aliphatic carboxylic acids is 1. The molecular weight excluding hydrogens is 244 g/mol. The van der Waals surface area contributed by atoms with Gasteiger partial charge >= 0.3 is 5.97 Å². The van der Waals surface area contributed by atoms with E-state index in [-0.39, 0.29) is 25.4 Å². The van der Waals surface area contributed by atoms with Gasteiger partial charge in [0.1, 0.15) is 0 Å². The molecule has 1 saturated carbocycles. The van der Waals surface area contributed by atoms with E-state index in [0.717, 1.165) is 18.5 Å². The zero-order chi connectivity index (χ0) is 13.7. The van der Waals surface area contributed by atoms with Gasteiger partial charge in [-0.25, -0.2) is 0 Å². The fraction of sp³-hybridized carbons (Fsp3) is 0.429. The van der Waals surface area contributed by atoms with E-state index < -0.39 is 5.97 Å². The molecule has 0 unspecified atom stereocenters. The number of benzene rings is 1. The van der Waals surface area contributed by atoms with Crippen LogP contribution >= 0.6 is 0 Å². The molecule has 1 aliphatic carbocycles. The van der Waals surface area contributed by atoms with E-state index in [9.17, 15) is 9.59 Å². The maximum Gasteiger partial charge on any atom is 0.305 e. The van der Waals surface area contributed by atoms with Crippen molar-refractivity contribution in [3.8, 4) is 0 Å². The van der Waals surface area contributed by atoms with Crippen molar-refractivity contribution in [1.82, 2.24) is 5.32 Å². The molecule has 0 saturated heterocycles. The summed E-state index contributed by atoms with van der Waals surface area (Å²) in [6, 6.07) is 9.63. The Bertz CT molecular complexity index is 443. The maximum atomic E-state index is 12.2. The lowest BCUT2D eigenvalue weighted by atomic mass is 10.2. The third kappa shape index (κ3) is 4.37. The monoisotopic (exact) mass is 262 g/mol. The molecule has 19 heavy (non-hydrogen) atoms. The average molecular weight is 262 g/mol. The summed E-state index contributed by atoms with van der Waals surface area (Å²) in [5.74, 6) is -0.983. The first kappa shape index (κ1) is 13.5. The molecule has 0 radical (unpaired) electrons. The van der Waals surface area contributed by atoms with Crippen molar-refractivity contribution in [3.63, 3.8) is 0 Å². The topological polar surface area (TPSA) is 69.6 Å². The number of rotatable bonds is 7. The highest BCUT2D eigenvalue weighted by Gasteiger charge is 2.23. The molecule has 0 spiro atoms. The largest absolute Gasteiger partial charge is 0.481 e. The lowest BCUT2D eigenvalue weighted by molar-refractivity contribution is -0.136. The van der Waals surface area contributed by atoms with Gasteiger partial charge in [0, 0.05) is 18.3 Å². The van der Waals surface area contributed by atoms with Crippen LogP contribution in [0.1, 0.15) is 19.3 Å². The van der Waals surface area contributed by atoms with Crippen molar-refractivity contribution < 1.29 is 14.7 Å². The quantitative estimate of drug-likeness (QED) is 0.776. The Kier molecular flexibility index (Phi) is 4.52. The fourth-order valence-electron chi connectivity index (χ4n) is 1.83. The zero-order valence-electron chi connectivity index (χ0n) is 10.7. The van der Waals surface area contributed by atoms with E-state index in [4.69, 9.17) is 5.11 Å². The van der Waals surface area contributed by atoms with Gasteiger partial charge in [0.2, 0.25) is 5.91 Å². The number of anilines is 1. The van der Waals surface area contributed by atoms with Crippen LogP contribution in [0.5, 0.6) is 0 Å². The lowest BCUT2D eigenvalue weighted by Gasteiger charge is -2.22. The molecule has 1 aromatic carbocycles. The normalized spacial score (nSPS) is 14.1. The van der Waals surface area contributed by atoms with Gasteiger partial charge in [-0.2, -0.15) is 0 Å². The highest BCUT2D eigenvalue weighted by molar-refractivity contribution is 5.95. The van der Waals surface area contributed by atoms with E-state index in [1.54, 1.807) is 0 Å². The van der Waals surface area contributed by atoms with Crippen LogP contribution in [0, 0.1) is 0 Å². The number of amides is 1. The van der Waals surface area contributed by atoms with Crippen LogP contribution in [0.15, 0.2) is 30.3 Å². The van der Waals surface area contributed by atoms with E-state index in [1.807, 2.05) is 30.3 Å². The highest BCUT2D eigenvalue weighted by Crippen LogP contribution is 2.19. The molecule has 1 fully saturated rings. The van der Waals surface area contributed by atoms with Crippen molar-refractivity contribution in [1.29, 1.82) is 0 Å². The second-order valence-corrected chi connectivity index (χ2v) is 4.68. The Morgan fingerprint density at radius 3 is 2.53 bits per heavy atom. The first-order chi connectivity index (χ1) is 9.16. The Hall–Kier alpha value is -1.88. The fourth-order valence-corrected chi connectivity index (χ4v) is 1.83. The van der Waals surface area contributed by atoms with Crippen LogP contribution in [-0.2, 0) is 9.59 Å². The van der Waals surface area contributed by atoms with Gasteiger partial charge in [-0.1, -0.05) is 18.2 Å². The molecule has 0 bridgehead atoms. The summed E-state index contributed by atoms with van der Waals surface area (Å²) in [5.41, 5.74) is 0.742. The number of carbonyl (C=O) groups is 2. The minimum Gasteiger partial charge on any atom is -0.481 e. The van der Waals surface area contributed by atoms with Gasteiger partial charge in [0.25, 0.3) is 0 Å². The Balaban J connectivity index is 1.99. The second kappa shape index (κ2) is 6.33. The maximum absolute atomic E-state index is 12.2.